The summed E-state index contributed by atoms with van der Waals surface area (Å²) >= 11 is 0. The van der Waals surface area contributed by atoms with E-state index in [2.05, 4.69) is 37.5 Å². The van der Waals surface area contributed by atoms with Gasteiger partial charge >= 0.3 is 0 Å². The molecule has 4 nitrogen and oxygen atoms in total. The van der Waals surface area contributed by atoms with Crippen LogP contribution in [-0.2, 0) is 9.47 Å². The van der Waals surface area contributed by atoms with Crippen molar-refractivity contribution in [1.29, 1.82) is 0 Å². The van der Waals surface area contributed by atoms with Crippen LogP contribution in [0.25, 0.3) is 0 Å². The molecule has 2 fully saturated rings. The maximum Gasteiger partial charge on any atom is 0.0721 e. The Morgan fingerprint density at radius 3 is 2.37 bits per heavy atom. The lowest BCUT2D eigenvalue weighted by molar-refractivity contribution is -0.0974. The summed E-state index contributed by atoms with van der Waals surface area (Å²) in [6, 6.07) is 1.21. The maximum absolute atomic E-state index is 6.13. The highest BCUT2D eigenvalue weighted by Crippen LogP contribution is 2.19. The molecule has 0 saturated carbocycles. The summed E-state index contributed by atoms with van der Waals surface area (Å²) in [6.45, 7) is 15.1. The molecule has 0 N–H and O–H groups in total. The van der Waals surface area contributed by atoms with Crippen LogP contribution < -0.4 is 0 Å². The summed E-state index contributed by atoms with van der Waals surface area (Å²) < 4.78 is 11.6. The third kappa shape index (κ3) is 4.42. The van der Waals surface area contributed by atoms with E-state index in [0.717, 1.165) is 45.8 Å². The van der Waals surface area contributed by atoms with Crippen molar-refractivity contribution >= 4 is 0 Å². The van der Waals surface area contributed by atoms with Gasteiger partial charge in [-0.25, -0.2) is 0 Å². The Labute approximate surface area is 118 Å². The van der Waals surface area contributed by atoms with Gasteiger partial charge in [0.2, 0.25) is 0 Å². The molecular weight excluding hydrogens is 240 g/mol. The third-order valence-corrected chi connectivity index (χ3v) is 4.36. The predicted molar refractivity (Wildman–Crippen MR) is 77.5 cm³/mol. The summed E-state index contributed by atoms with van der Waals surface area (Å²) in [6.07, 6.45) is 1.87. The molecule has 3 atom stereocenters. The quantitative estimate of drug-likeness (QED) is 0.774. The predicted octanol–water partition coefficient (Wildman–Crippen LogP) is 1.59. The lowest BCUT2D eigenvalue weighted by Gasteiger charge is -2.41. The first-order chi connectivity index (χ1) is 9.06. The second-order valence-electron chi connectivity index (χ2n) is 6.35. The molecule has 0 aromatic rings. The molecule has 2 unspecified atom stereocenters. The van der Waals surface area contributed by atoms with Crippen LogP contribution in [0.1, 0.15) is 34.1 Å². The van der Waals surface area contributed by atoms with E-state index in [4.69, 9.17) is 9.47 Å². The van der Waals surface area contributed by atoms with E-state index < -0.39 is 0 Å². The Kier molecular flexibility index (Phi) is 5.63. The van der Waals surface area contributed by atoms with Crippen LogP contribution in [0.15, 0.2) is 0 Å². The number of hydrogen-bond donors (Lipinski definition) is 0. The molecule has 0 spiro atoms. The molecule has 0 radical (unpaired) electrons. The highest BCUT2D eigenvalue weighted by molar-refractivity contribution is 4.82. The van der Waals surface area contributed by atoms with E-state index in [1.807, 2.05) is 0 Å². The van der Waals surface area contributed by atoms with Gasteiger partial charge in [-0.3, -0.25) is 9.80 Å². The van der Waals surface area contributed by atoms with Crippen LogP contribution in [0.3, 0.4) is 0 Å². The van der Waals surface area contributed by atoms with E-state index in [-0.39, 0.29) is 0 Å². The van der Waals surface area contributed by atoms with E-state index in [9.17, 15) is 0 Å². The summed E-state index contributed by atoms with van der Waals surface area (Å²) in [4.78, 5) is 5.08. The number of rotatable bonds is 4. The first-order valence-electron chi connectivity index (χ1n) is 7.77. The highest BCUT2D eigenvalue weighted by atomic mass is 16.5. The van der Waals surface area contributed by atoms with Gasteiger partial charge in [-0.05, 0) is 34.1 Å². The lowest BCUT2D eigenvalue weighted by atomic mass is 10.1. The van der Waals surface area contributed by atoms with Crippen molar-refractivity contribution in [1.82, 2.24) is 9.80 Å². The van der Waals surface area contributed by atoms with Gasteiger partial charge in [0.15, 0.2) is 0 Å². The Balaban J connectivity index is 1.83. The average Bonchev–Trinajstić information content (AvgIpc) is 2.39. The van der Waals surface area contributed by atoms with Crippen molar-refractivity contribution < 1.29 is 9.47 Å². The molecule has 0 bridgehead atoms. The van der Waals surface area contributed by atoms with E-state index in [1.54, 1.807) is 0 Å². The standard InChI is InChI=1S/C15H30N2O2/c1-12(2)17-10-14(4)19-15(11-17)9-13(3)16-5-7-18-8-6-16/h12-15H,5-11H2,1-4H3/t13?,14-,15?/m0/s1. The van der Waals surface area contributed by atoms with Gasteiger partial charge in [-0.2, -0.15) is 0 Å². The van der Waals surface area contributed by atoms with Crippen molar-refractivity contribution in [3.63, 3.8) is 0 Å². The molecule has 112 valence electrons. The molecule has 0 amide bonds. The topological polar surface area (TPSA) is 24.9 Å². The third-order valence-electron chi connectivity index (χ3n) is 4.36. The zero-order valence-corrected chi connectivity index (χ0v) is 13.0. The van der Waals surface area contributed by atoms with Gasteiger partial charge in [-0.15, -0.1) is 0 Å². The largest absolute Gasteiger partial charge is 0.379 e. The number of morpholine rings is 2. The van der Waals surface area contributed by atoms with Gasteiger partial charge < -0.3 is 9.47 Å². The molecule has 2 aliphatic heterocycles. The Morgan fingerprint density at radius 2 is 1.74 bits per heavy atom. The molecule has 2 saturated heterocycles. The Morgan fingerprint density at radius 1 is 1.05 bits per heavy atom. The molecule has 2 aliphatic rings. The van der Waals surface area contributed by atoms with Crippen molar-refractivity contribution in [2.75, 3.05) is 39.4 Å². The van der Waals surface area contributed by atoms with E-state index in [0.29, 0.717) is 24.3 Å². The van der Waals surface area contributed by atoms with Crippen LogP contribution in [-0.4, -0.2) is 73.5 Å². The number of hydrogen-bond acceptors (Lipinski definition) is 4. The lowest BCUT2D eigenvalue weighted by Crippen LogP contribution is -2.51. The smallest absolute Gasteiger partial charge is 0.0721 e. The summed E-state index contributed by atoms with van der Waals surface area (Å²) in [7, 11) is 0. The van der Waals surface area contributed by atoms with Crippen LogP contribution in [0.2, 0.25) is 0 Å². The Bertz CT molecular complexity index is 267. The summed E-state index contributed by atoms with van der Waals surface area (Å²) in [5, 5.41) is 0. The van der Waals surface area contributed by atoms with E-state index >= 15 is 0 Å². The van der Waals surface area contributed by atoms with Crippen LogP contribution in [0.4, 0.5) is 0 Å². The van der Waals surface area contributed by atoms with E-state index in [1.165, 1.54) is 0 Å². The Hall–Kier alpha value is -0.160. The normalized spacial score (nSPS) is 32.7. The van der Waals surface area contributed by atoms with Crippen molar-refractivity contribution in [2.45, 2.75) is 58.4 Å². The fourth-order valence-electron chi connectivity index (χ4n) is 3.18. The SMILES string of the molecule is CC(C)N1CC(CC(C)N2CCOCC2)O[C@@H](C)C1. The minimum atomic E-state index is 0.359. The minimum absolute atomic E-state index is 0.359. The molecule has 2 rings (SSSR count). The molecule has 19 heavy (non-hydrogen) atoms. The van der Waals surface area contributed by atoms with Gasteiger partial charge in [-0.1, -0.05) is 0 Å². The van der Waals surface area contributed by atoms with Crippen molar-refractivity contribution in [2.24, 2.45) is 0 Å². The monoisotopic (exact) mass is 270 g/mol. The number of ether oxygens (including phenoxy) is 2. The zero-order chi connectivity index (χ0) is 13.8. The maximum atomic E-state index is 6.13. The fraction of sp³-hybridized carbons (Fsp3) is 1.00. The second kappa shape index (κ2) is 7.02. The van der Waals surface area contributed by atoms with Gasteiger partial charge in [0.25, 0.3) is 0 Å². The minimum Gasteiger partial charge on any atom is -0.379 e. The molecule has 0 aromatic carbocycles. The van der Waals surface area contributed by atoms with Crippen molar-refractivity contribution in [3.05, 3.63) is 0 Å². The molecule has 0 aliphatic carbocycles. The van der Waals surface area contributed by atoms with Gasteiger partial charge in [0.1, 0.15) is 0 Å². The van der Waals surface area contributed by atoms with Gasteiger partial charge in [0, 0.05) is 38.3 Å². The molecule has 4 heteroatoms. The fourth-order valence-corrected chi connectivity index (χ4v) is 3.18. The highest BCUT2D eigenvalue weighted by Gasteiger charge is 2.29. The van der Waals surface area contributed by atoms with Crippen LogP contribution >= 0.6 is 0 Å². The molecule has 2 heterocycles. The number of nitrogens with zero attached hydrogens (tertiary/aromatic N) is 2. The van der Waals surface area contributed by atoms with Crippen LogP contribution in [0.5, 0.6) is 0 Å². The molecular formula is C15H30N2O2. The molecule has 0 aromatic heterocycles. The first-order valence-corrected chi connectivity index (χ1v) is 7.77. The average molecular weight is 270 g/mol. The summed E-state index contributed by atoms with van der Waals surface area (Å²) in [5.41, 5.74) is 0. The second-order valence-corrected chi connectivity index (χ2v) is 6.35. The van der Waals surface area contributed by atoms with Gasteiger partial charge in [0.05, 0.1) is 25.4 Å². The summed E-state index contributed by atoms with van der Waals surface area (Å²) in [5.74, 6) is 0. The van der Waals surface area contributed by atoms with Crippen molar-refractivity contribution in [3.8, 4) is 0 Å². The zero-order valence-electron chi connectivity index (χ0n) is 13.0. The van der Waals surface area contributed by atoms with Crippen LogP contribution in [0, 0.1) is 0 Å². The first kappa shape index (κ1) is 15.2.